The number of rotatable bonds is 7. The van der Waals surface area contributed by atoms with Crippen LogP contribution in [0.25, 0.3) is 5.65 Å². The van der Waals surface area contributed by atoms with Crippen molar-refractivity contribution in [3.05, 3.63) is 46.5 Å². The molecule has 1 aliphatic heterocycles. The quantitative estimate of drug-likeness (QED) is 0.486. The molecule has 33 heavy (non-hydrogen) atoms. The van der Waals surface area contributed by atoms with Gasteiger partial charge in [0.15, 0.2) is 5.65 Å². The molecule has 3 fully saturated rings. The number of hydrogen-bond donors (Lipinski definition) is 3. The normalized spacial score (nSPS) is 27.3. The molecule has 0 bridgehead atoms. The average molecular weight is 451 g/mol. The van der Waals surface area contributed by atoms with Gasteiger partial charge in [0.2, 0.25) is 0 Å². The van der Waals surface area contributed by atoms with Crippen LogP contribution in [-0.2, 0) is 9.47 Å². The number of nitrogens with zero attached hydrogens (tertiary/aromatic N) is 4. The molecule has 11 nitrogen and oxygen atoms in total. The fraction of sp³-hybridized carbons (Fsp3) is 0.455. The molecule has 2 saturated carbocycles. The molecule has 0 aromatic carbocycles. The third-order valence-electron chi connectivity index (χ3n) is 6.79. The van der Waals surface area contributed by atoms with Crippen LogP contribution in [0, 0.1) is 11.8 Å². The van der Waals surface area contributed by atoms with E-state index in [0.717, 1.165) is 6.42 Å². The molecule has 5 atom stereocenters. The third kappa shape index (κ3) is 3.35. The Kier molecular flexibility index (Phi) is 4.63. The largest absolute Gasteiger partial charge is 0.381 e. The second-order valence-corrected chi connectivity index (χ2v) is 8.78. The monoisotopic (exact) mass is 451 g/mol. The van der Waals surface area contributed by atoms with E-state index in [0.29, 0.717) is 53.6 Å². The number of anilines is 3. The van der Waals surface area contributed by atoms with Crippen LogP contribution < -0.4 is 21.5 Å². The van der Waals surface area contributed by atoms with Gasteiger partial charge < -0.3 is 30.0 Å². The summed E-state index contributed by atoms with van der Waals surface area (Å²) in [6.07, 6.45) is 4.16. The Morgan fingerprint density at radius 3 is 2.85 bits per heavy atom. The molecule has 172 valence electrons. The van der Waals surface area contributed by atoms with Gasteiger partial charge in [0.1, 0.15) is 22.9 Å². The Morgan fingerprint density at radius 1 is 1.30 bits per heavy atom. The van der Waals surface area contributed by atoms with Crippen molar-refractivity contribution in [2.75, 3.05) is 38.0 Å². The molecule has 3 aliphatic rings. The van der Waals surface area contributed by atoms with Crippen molar-refractivity contribution < 1.29 is 14.3 Å². The van der Waals surface area contributed by atoms with Crippen molar-refractivity contribution in [3.63, 3.8) is 0 Å². The highest BCUT2D eigenvalue weighted by Gasteiger charge is 2.55. The number of fused-ring (bicyclic) bond motifs is 2. The lowest BCUT2D eigenvalue weighted by Crippen LogP contribution is -2.28. The van der Waals surface area contributed by atoms with Gasteiger partial charge in [0, 0.05) is 44.3 Å². The maximum Gasteiger partial charge on any atom is 0.274 e. The zero-order valence-electron chi connectivity index (χ0n) is 18.3. The van der Waals surface area contributed by atoms with Gasteiger partial charge in [0.05, 0.1) is 31.6 Å². The summed E-state index contributed by atoms with van der Waals surface area (Å²) in [5, 5.41) is 13.5. The number of hydrogen-bond acceptors (Lipinski definition) is 8. The highest BCUT2D eigenvalue weighted by atomic mass is 16.5. The Bertz CT molecular complexity index is 1290. The second-order valence-electron chi connectivity index (χ2n) is 8.78. The Labute approximate surface area is 189 Å². The molecular formula is C22H25N7O4. The first kappa shape index (κ1) is 20.2. The molecule has 3 unspecified atom stereocenters. The molecule has 3 N–H and O–H groups in total. The Hall–Kier alpha value is -3.44. The third-order valence-corrected chi connectivity index (χ3v) is 6.79. The lowest BCUT2D eigenvalue weighted by atomic mass is 10.3. The van der Waals surface area contributed by atoms with Crippen molar-refractivity contribution in [2.24, 2.45) is 11.8 Å². The Morgan fingerprint density at radius 2 is 2.12 bits per heavy atom. The van der Waals surface area contributed by atoms with Gasteiger partial charge in [0.25, 0.3) is 11.5 Å². The van der Waals surface area contributed by atoms with Gasteiger partial charge in [-0.25, -0.2) is 4.98 Å². The molecular weight excluding hydrogens is 426 g/mol. The molecule has 1 amide bonds. The predicted molar refractivity (Wildman–Crippen MR) is 120 cm³/mol. The molecule has 2 aliphatic carbocycles. The fourth-order valence-electron chi connectivity index (χ4n) is 4.80. The number of pyridine rings is 1. The van der Waals surface area contributed by atoms with Gasteiger partial charge in [-0.3, -0.25) is 9.59 Å². The van der Waals surface area contributed by atoms with Crippen molar-refractivity contribution in [3.8, 4) is 0 Å². The number of nitrogens with one attached hydrogen (secondary N) is 3. The molecule has 1 saturated heterocycles. The minimum absolute atomic E-state index is 0.00219. The van der Waals surface area contributed by atoms with Crippen LogP contribution in [-0.4, -0.2) is 64.6 Å². The van der Waals surface area contributed by atoms with Gasteiger partial charge in [-0.2, -0.15) is 9.61 Å². The summed E-state index contributed by atoms with van der Waals surface area (Å²) >= 11 is 0. The zero-order chi connectivity index (χ0) is 22.7. The number of aromatic nitrogens is 4. The maximum absolute atomic E-state index is 13.1. The summed E-state index contributed by atoms with van der Waals surface area (Å²) < 4.78 is 14.1. The predicted octanol–water partition coefficient (Wildman–Crippen LogP) is 1.01. The highest BCUT2D eigenvalue weighted by molar-refractivity contribution is 6.00. The van der Waals surface area contributed by atoms with E-state index in [1.165, 1.54) is 6.20 Å². The summed E-state index contributed by atoms with van der Waals surface area (Å²) in [5.74, 6) is 1.65. The van der Waals surface area contributed by atoms with E-state index in [4.69, 9.17) is 9.47 Å². The van der Waals surface area contributed by atoms with Crippen LogP contribution in [0.2, 0.25) is 0 Å². The average Bonchev–Trinajstić information content (AvgIpc) is 3.58. The van der Waals surface area contributed by atoms with Crippen LogP contribution in [0.5, 0.6) is 0 Å². The SMILES string of the molecule is CNc1cc(Nc2cccn(C3[C@H]4COC[C@@H]34)c2=O)nc2c(C(=O)NC3CC3OC)cnn12. The van der Waals surface area contributed by atoms with E-state index in [-0.39, 0.29) is 29.7 Å². The van der Waals surface area contributed by atoms with E-state index in [2.05, 4.69) is 26.0 Å². The standard InChI is InChI=1S/C22H25N7O4/c1-23-18-7-17(25-14-4-3-5-28(22(14)31)19-12-9-33-10-13(12)19)27-20-11(8-24-29(18)20)21(30)26-15-6-16(15)32-2/h3-5,7-8,12-13,15-16,19,23H,6,9-10H2,1-2H3,(H,25,27)(H,26,30)/t12-,13+,15?,16?,19?. The van der Waals surface area contributed by atoms with E-state index in [1.807, 2.05) is 12.3 Å². The minimum Gasteiger partial charge on any atom is -0.381 e. The van der Waals surface area contributed by atoms with E-state index in [1.54, 1.807) is 35.4 Å². The first-order valence-corrected chi connectivity index (χ1v) is 11.0. The molecule has 6 rings (SSSR count). The van der Waals surface area contributed by atoms with Crippen molar-refractivity contribution in [1.82, 2.24) is 24.5 Å². The lowest BCUT2D eigenvalue weighted by Gasteiger charge is -2.13. The lowest BCUT2D eigenvalue weighted by molar-refractivity contribution is 0.0936. The number of amides is 1. The van der Waals surface area contributed by atoms with Gasteiger partial charge in [-0.05, 0) is 18.6 Å². The molecule has 0 radical (unpaired) electrons. The van der Waals surface area contributed by atoms with Crippen molar-refractivity contribution in [2.45, 2.75) is 24.6 Å². The smallest absolute Gasteiger partial charge is 0.274 e. The molecule has 4 heterocycles. The topological polar surface area (TPSA) is 124 Å². The Balaban J connectivity index is 1.31. The van der Waals surface area contributed by atoms with Crippen LogP contribution in [0.1, 0.15) is 22.8 Å². The minimum atomic E-state index is -0.259. The number of carbonyl (C=O) groups excluding carboxylic acids is 1. The molecule has 3 aromatic rings. The first-order valence-electron chi connectivity index (χ1n) is 11.0. The van der Waals surface area contributed by atoms with E-state index in [9.17, 15) is 9.59 Å². The fourth-order valence-corrected chi connectivity index (χ4v) is 4.80. The summed E-state index contributed by atoms with van der Waals surface area (Å²) in [6.45, 7) is 1.42. The van der Waals surface area contributed by atoms with Crippen LogP contribution in [0.3, 0.4) is 0 Å². The number of carbonyl (C=O) groups is 1. The highest BCUT2D eigenvalue weighted by Crippen LogP contribution is 2.53. The molecule has 0 spiro atoms. The van der Waals surface area contributed by atoms with Gasteiger partial charge in [-0.15, -0.1) is 0 Å². The molecule has 11 heteroatoms. The molecule has 3 aromatic heterocycles. The zero-order valence-corrected chi connectivity index (χ0v) is 18.3. The van der Waals surface area contributed by atoms with E-state index >= 15 is 0 Å². The number of methoxy groups -OCH3 is 1. The van der Waals surface area contributed by atoms with Crippen molar-refractivity contribution in [1.29, 1.82) is 0 Å². The first-order chi connectivity index (χ1) is 16.1. The number of ether oxygens (including phenoxy) is 2. The van der Waals surface area contributed by atoms with Crippen LogP contribution in [0.15, 0.2) is 35.4 Å². The summed E-state index contributed by atoms with van der Waals surface area (Å²) in [6, 6.07) is 5.54. The van der Waals surface area contributed by atoms with Crippen LogP contribution in [0.4, 0.5) is 17.3 Å². The van der Waals surface area contributed by atoms with Gasteiger partial charge >= 0.3 is 0 Å². The maximum atomic E-state index is 13.1. The summed E-state index contributed by atoms with van der Waals surface area (Å²) in [5.41, 5.74) is 1.07. The van der Waals surface area contributed by atoms with Crippen molar-refractivity contribution >= 4 is 28.9 Å². The summed E-state index contributed by atoms with van der Waals surface area (Å²) in [7, 11) is 3.39. The van der Waals surface area contributed by atoms with E-state index < -0.39 is 0 Å². The summed E-state index contributed by atoms with van der Waals surface area (Å²) in [4.78, 5) is 30.6. The van der Waals surface area contributed by atoms with Gasteiger partial charge in [-0.1, -0.05) is 0 Å². The van der Waals surface area contributed by atoms with Crippen LogP contribution >= 0.6 is 0 Å². The second kappa shape index (κ2) is 7.56.